The van der Waals surface area contributed by atoms with Crippen LogP contribution in [-0.4, -0.2) is 23.1 Å². The molecule has 0 atom stereocenters. The molecular weight excluding hydrogens is 446 g/mol. The molecular formula is C24H20ClN3O3S. The van der Waals surface area contributed by atoms with Gasteiger partial charge in [-0.3, -0.25) is 10.1 Å². The second-order valence-corrected chi connectivity index (χ2v) is 8.03. The molecule has 0 radical (unpaired) electrons. The number of benzene rings is 3. The van der Waals surface area contributed by atoms with E-state index < -0.39 is 0 Å². The number of hydrogen-bond acceptors (Lipinski definition) is 5. The van der Waals surface area contributed by atoms with Gasteiger partial charge >= 0.3 is 0 Å². The Morgan fingerprint density at radius 3 is 2.62 bits per heavy atom. The summed E-state index contributed by atoms with van der Waals surface area (Å²) in [6.45, 7) is 2.03. The van der Waals surface area contributed by atoms with Gasteiger partial charge in [0, 0.05) is 17.7 Å². The number of methoxy groups -OCH3 is 1. The Balaban J connectivity index is 1.35. The average molecular weight is 466 g/mol. The highest BCUT2D eigenvalue weighted by Gasteiger charge is 2.11. The van der Waals surface area contributed by atoms with Crippen molar-refractivity contribution in [3.8, 4) is 5.75 Å². The molecule has 2 N–H and O–H groups in total. The molecule has 0 aliphatic heterocycles. The third-order valence-electron chi connectivity index (χ3n) is 4.80. The number of ether oxygens (including phenoxy) is 1. The van der Waals surface area contributed by atoms with Crippen molar-refractivity contribution in [3.63, 3.8) is 0 Å². The molecule has 4 rings (SSSR count). The number of carbonyl (C=O) groups excluding carboxylic acids is 1. The zero-order valence-corrected chi connectivity index (χ0v) is 19.0. The molecule has 0 saturated carbocycles. The number of thiocarbonyl (C=S) groups is 1. The van der Waals surface area contributed by atoms with Gasteiger partial charge in [-0.15, -0.1) is 0 Å². The molecule has 4 aromatic rings. The van der Waals surface area contributed by atoms with Crippen molar-refractivity contribution in [1.29, 1.82) is 0 Å². The summed E-state index contributed by atoms with van der Waals surface area (Å²) in [5.74, 6) is 0.791. The van der Waals surface area contributed by atoms with Crippen molar-refractivity contribution in [2.45, 2.75) is 13.3 Å². The van der Waals surface area contributed by atoms with E-state index in [1.54, 1.807) is 12.1 Å². The van der Waals surface area contributed by atoms with Crippen LogP contribution in [-0.2, 0) is 6.42 Å². The number of amides is 1. The maximum Gasteiger partial charge on any atom is 0.257 e. The van der Waals surface area contributed by atoms with Crippen molar-refractivity contribution in [1.82, 2.24) is 10.3 Å². The molecule has 0 unspecified atom stereocenters. The number of carbonyl (C=O) groups is 1. The Morgan fingerprint density at radius 2 is 1.91 bits per heavy atom. The van der Waals surface area contributed by atoms with Gasteiger partial charge in [-0.05, 0) is 72.7 Å². The number of rotatable bonds is 5. The average Bonchev–Trinajstić information content (AvgIpc) is 3.16. The van der Waals surface area contributed by atoms with Crippen LogP contribution in [0.4, 0.5) is 5.69 Å². The Hall–Kier alpha value is -3.42. The third kappa shape index (κ3) is 5.07. The number of anilines is 1. The zero-order valence-electron chi connectivity index (χ0n) is 17.4. The van der Waals surface area contributed by atoms with E-state index in [2.05, 4.69) is 15.6 Å². The third-order valence-corrected chi connectivity index (χ3v) is 5.30. The first kappa shape index (κ1) is 21.8. The number of aromatic nitrogens is 1. The van der Waals surface area contributed by atoms with Crippen LogP contribution in [0, 0.1) is 6.92 Å². The largest absolute Gasteiger partial charge is 0.495 e. The lowest BCUT2D eigenvalue weighted by molar-refractivity contribution is 0.0977. The number of nitrogens with zero attached hydrogens (tertiary/aromatic N) is 1. The minimum Gasteiger partial charge on any atom is -0.495 e. The number of hydrogen-bond donors (Lipinski definition) is 2. The van der Waals surface area contributed by atoms with Gasteiger partial charge in [-0.1, -0.05) is 29.8 Å². The molecule has 0 aliphatic carbocycles. The van der Waals surface area contributed by atoms with Crippen molar-refractivity contribution in [2.75, 3.05) is 12.4 Å². The first-order valence-electron chi connectivity index (χ1n) is 9.82. The van der Waals surface area contributed by atoms with Crippen LogP contribution in [0.5, 0.6) is 5.75 Å². The van der Waals surface area contributed by atoms with E-state index in [1.807, 2.05) is 49.4 Å². The summed E-state index contributed by atoms with van der Waals surface area (Å²) in [4.78, 5) is 16.9. The molecule has 32 heavy (non-hydrogen) atoms. The summed E-state index contributed by atoms with van der Waals surface area (Å²) in [7, 11) is 1.51. The highest BCUT2D eigenvalue weighted by molar-refractivity contribution is 7.80. The van der Waals surface area contributed by atoms with Crippen LogP contribution < -0.4 is 15.4 Å². The van der Waals surface area contributed by atoms with Gasteiger partial charge < -0.3 is 14.5 Å². The van der Waals surface area contributed by atoms with E-state index in [1.165, 1.54) is 13.2 Å². The lowest BCUT2D eigenvalue weighted by atomic mass is 10.1. The lowest BCUT2D eigenvalue weighted by Crippen LogP contribution is -2.34. The highest BCUT2D eigenvalue weighted by atomic mass is 35.5. The Bertz CT molecular complexity index is 1300. The Morgan fingerprint density at radius 1 is 1.12 bits per heavy atom. The molecule has 6 nitrogen and oxygen atoms in total. The van der Waals surface area contributed by atoms with Crippen LogP contribution in [0.25, 0.3) is 11.1 Å². The highest BCUT2D eigenvalue weighted by Crippen LogP contribution is 2.25. The fourth-order valence-electron chi connectivity index (χ4n) is 3.19. The van der Waals surface area contributed by atoms with Crippen LogP contribution in [0.1, 0.15) is 27.4 Å². The molecule has 1 aromatic heterocycles. The summed E-state index contributed by atoms with van der Waals surface area (Å²) in [6.07, 6.45) is 0.577. The van der Waals surface area contributed by atoms with Crippen LogP contribution in [0.3, 0.4) is 0 Å². The Labute approximate surface area is 195 Å². The molecule has 0 aliphatic rings. The van der Waals surface area contributed by atoms with Crippen LogP contribution in [0.15, 0.2) is 65.1 Å². The molecule has 1 amide bonds. The van der Waals surface area contributed by atoms with Crippen molar-refractivity contribution in [2.24, 2.45) is 0 Å². The maximum atomic E-state index is 12.4. The first-order chi connectivity index (χ1) is 15.4. The van der Waals surface area contributed by atoms with Crippen molar-refractivity contribution >= 4 is 51.6 Å². The normalized spacial score (nSPS) is 10.7. The summed E-state index contributed by atoms with van der Waals surface area (Å²) in [6, 6.07) is 18.4. The fourth-order valence-corrected chi connectivity index (χ4v) is 3.65. The predicted octanol–water partition coefficient (Wildman–Crippen LogP) is 5.52. The summed E-state index contributed by atoms with van der Waals surface area (Å²) < 4.78 is 10.9. The molecule has 162 valence electrons. The molecule has 8 heteroatoms. The van der Waals surface area contributed by atoms with E-state index in [-0.39, 0.29) is 11.0 Å². The van der Waals surface area contributed by atoms with Gasteiger partial charge in [0.15, 0.2) is 16.6 Å². The molecule has 0 saturated heterocycles. The number of oxazole rings is 1. The van der Waals surface area contributed by atoms with Crippen molar-refractivity contribution < 1.29 is 13.9 Å². The minimum absolute atomic E-state index is 0.184. The topological polar surface area (TPSA) is 76.4 Å². The number of halogens is 1. The van der Waals surface area contributed by atoms with Gasteiger partial charge in [0.25, 0.3) is 5.91 Å². The number of fused-ring (bicyclic) bond motifs is 1. The van der Waals surface area contributed by atoms with E-state index >= 15 is 0 Å². The second-order valence-electron chi connectivity index (χ2n) is 7.21. The smallest absolute Gasteiger partial charge is 0.257 e. The second kappa shape index (κ2) is 9.38. The van der Waals surface area contributed by atoms with Gasteiger partial charge in [-0.25, -0.2) is 4.98 Å². The van der Waals surface area contributed by atoms with E-state index in [0.717, 1.165) is 27.9 Å². The molecule has 0 bridgehead atoms. The maximum absolute atomic E-state index is 12.4. The summed E-state index contributed by atoms with van der Waals surface area (Å²) in [5.41, 5.74) is 4.96. The van der Waals surface area contributed by atoms with Gasteiger partial charge in [0.05, 0.1) is 12.1 Å². The van der Waals surface area contributed by atoms with Crippen molar-refractivity contribution in [3.05, 3.63) is 88.3 Å². The van der Waals surface area contributed by atoms with E-state index in [4.69, 9.17) is 33.0 Å². The molecule has 1 heterocycles. The molecule has 0 spiro atoms. The van der Waals surface area contributed by atoms with E-state index in [0.29, 0.717) is 28.6 Å². The predicted molar refractivity (Wildman–Crippen MR) is 130 cm³/mol. The van der Waals surface area contributed by atoms with Crippen LogP contribution in [0.2, 0.25) is 5.02 Å². The molecule has 0 fully saturated rings. The van der Waals surface area contributed by atoms with E-state index in [9.17, 15) is 4.79 Å². The van der Waals surface area contributed by atoms with Gasteiger partial charge in [0.1, 0.15) is 11.3 Å². The quantitative estimate of drug-likeness (QED) is 0.378. The lowest BCUT2D eigenvalue weighted by Gasteiger charge is -2.11. The first-order valence-corrected chi connectivity index (χ1v) is 10.6. The fraction of sp³-hybridized carbons (Fsp3) is 0.125. The minimum atomic E-state index is -0.366. The SMILES string of the molecule is COc1ccc(C(=O)NC(=S)Nc2ccc(Cc3nc4cc(C)ccc4o3)cc2)cc1Cl. The monoisotopic (exact) mass is 465 g/mol. The zero-order chi connectivity index (χ0) is 22.7. The summed E-state index contributed by atoms with van der Waals surface area (Å²) in [5, 5.41) is 6.18. The number of nitrogens with one attached hydrogen (secondary N) is 2. The molecule has 3 aromatic carbocycles. The Kier molecular flexibility index (Phi) is 6.39. The summed E-state index contributed by atoms with van der Waals surface area (Å²) >= 11 is 11.3. The van der Waals surface area contributed by atoms with Crippen LogP contribution >= 0.6 is 23.8 Å². The standard InChI is InChI=1S/C24H20ClN3O3S/c1-14-3-9-21-19(11-14)27-22(31-21)12-15-4-7-17(8-5-15)26-24(32)28-23(29)16-6-10-20(30-2)18(25)13-16/h3-11,13H,12H2,1-2H3,(H2,26,28,29,32). The number of aryl methyl sites for hydroxylation is 1. The van der Waals surface area contributed by atoms with Gasteiger partial charge in [-0.2, -0.15) is 0 Å². The van der Waals surface area contributed by atoms with Gasteiger partial charge in [0.2, 0.25) is 0 Å².